The summed E-state index contributed by atoms with van der Waals surface area (Å²) in [6.45, 7) is 1.33. The maximum atomic E-state index is 13.5. The highest BCUT2D eigenvalue weighted by atomic mass is 19.1. The van der Waals surface area contributed by atoms with Crippen molar-refractivity contribution < 1.29 is 8.96 Å². The van der Waals surface area contributed by atoms with Crippen LogP contribution in [0, 0.1) is 5.82 Å². The average molecular weight is 243 g/mol. The number of benzene rings is 1. The van der Waals surface area contributed by atoms with Crippen molar-refractivity contribution in [1.82, 2.24) is 0 Å². The highest BCUT2D eigenvalue weighted by Crippen LogP contribution is 2.10. The molecule has 0 spiro atoms. The Morgan fingerprint density at radius 1 is 1.06 bits per heavy atom. The van der Waals surface area contributed by atoms with Crippen molar-refractivity contribution in [2.45, 2.75) is 6.54 Å². The number of pyridine rings is 1. The summed E-state index contributed by atoms with van der Waals surface area (Å²) >= 11 is 0. The zero-order chi connectivity index (χ0) is 12.8. The minimum atomic E-state index is -0.213. The lowest BCUT2D eigenvalue weighted by Gasteiger charge is -1.98. The van der Waals surface area contributed by atoms with E-state index < -0.39 is 0 Å². The molecule has 92 valence electrons. The number of hydrogen-bond donors (Lipinski definition) is 1. The van der Waals surface area contributed by atoms with E-state index in [4.69, 9.17) is 5.73 Å². The minimum absolute atomic E-state index is 0.213. The molecular formula is C15H16FN2+. The largest absolute Gasteiger partial charge is 0.325 e. The molecule has 2 nitrogen and oxygen atoms in total. The van der Waals surface area contributed by atoms with Gasteiger partial charge in [0.15, 0.2) is 12.7 Å². The molecule has 2 rings (SSSR count). The summed E-state index contributed by atoms with van der Waals surface area (Å²) in [4.78, 5) is 0. The predicted octanol–water partition coefficient (Wildman–Crippen LogP) is 2.24. The molecule has 0 bridgehead atoms. The SMILES string of the molecule is NCC[n+]1ccccc1/C=C/c1ccccc1F. The first-order valence-electron chi connectivity index (χ1n) is 5.92. The third-order valence-electron chi connectivity index (χ3n) is 2.68. The van der Waals surface area contributed by atoms with Gasteiger partial charge in [-0.1, -0.05) is 18.2 Å². The van der Waals surface area contributed by atoms with Crippen LogP contribution in [-0.4, -0.2) is 6.54 Å². The molecular weight excluding hydrogens is 227 g/mol. The van der Waals surface area contributed by atoms with E-state index in [0.29, 0.717) is 12.1 Å². The van der Waals surface area contributed by atoms with Crippen LogP contribution >= 0.6 is 0 Å². The van der Waals surface area contributed by atoms with Crippen LogP contribution in [0.25, 0.3) is 12.2 Å². The van der Waals surface area contributed by atoms with E-state index in [9.17, 15) is 4.39 Å². The first-order valence-corrected chi connectivity index (χ1v) is 5.92. The molecule has 0 aliphatic heterocycles. The van der Waals surface area contributed by atoms with Crippen molar-refractivity contribution in [3.8, 4) is 0 Å². The second-order valence-electron chi connectivity index (χ2n) is 3.96. The quantitative estimate of drug-likeness (QED) is 0.820. The molecule has 0 aliphatic carbocycles. The lowest BCUT2D eigenvalue weighted by atomic mass is 10.2. The fraction of sp³-hybridized carbons (Fsp3) is 0.133. The molecule has 18 heavy (non-hydrogen) atoms. The lowest BCUT2D eigenvalue weighted by molar-refractivity contribution is -0.696. The van der Waals surface area contributed by atoms with Crippen LogP contribution in [0.1, 0.15) is 11.3 Å². The molecule has 0 radical (unpaired) electrons. The Morgan fingerprint density at radius 3 is 2.61 bits per heavy atom. The summed E-state index contributed by atoms with van der Waals surface area (Å²) < 4.78 is 15.5. The number of halogens is 1. The summed E-state index contributed by atoms with van der Waals surface area (Å²) in [5.41, 5.74) is 7.15. The average Bonchev–Trinajstić information content (AvgIpc) is 2.40. The normalized spacial score (nSPS) is 11.0. The molecule has 0 unspecified atom stereocenters. The molecule has 1 aromatic carbocycles. The first-order chi connectivity index (χ1) is 8.81. The number of nitrogens with two attached hydrogens (primary N) is 1. The third kappa shape index (κ3) is 3.02. The molecule has 2 N–H and O–H groups in total. The predicted molar refractivity (Wildman–Crippen MR) is 71.0 cm³/mol. The Labute approximate surface area is 106 Å². The maximum absolute atomic E-state index is 13.5. The highest BCUT2D eigenvalue weighted by Gasteiger charge is 2.04. The van der Waals surface area contributed by atoms with Gasteiger partial charge in [-0.3, -0.25) is 0 Å². The Bertz CT molecular complexity index is 550. The van der Waals surface area contributed by atoms with E-state index in [1.165, 1.54) is 6.07 Å². The van der Waals surface area contributed by atoms with Crippen molar-refractivity contribution in [3.63, 3.8) is 0 Å². The van der Waals surface area contributed by atoms with E-state index in [2.05, 4.69) is 0 Å². The van der Waals surface area contributed by atoms with E-state index in [1.54, 1.807) is 18.2 Å². The molecule has 0 fully saturated rings. The zero-order valence-corrected chi connectivity index (χ0v) is 10.1. The summed E-state index contributed by atoms with van der Waals surface area (Å²) in [6.07, 6.45) is 5.64. The van der Waals surface area contributed by atoms with Gasteiger partial charge in [0.2, 0.25) is 5.69 Å². The second kappa shape index (κ2) is 6.07. The third-order valence-corrected chi connectivity index (χ3v) is 2.68. The number of rotatable bonds is 4. The fourth-order valence-corrected chi connectivity index (χ4v) is 1.77. The summed E-state index contributed by atoms with van der Waals surface area (Å²) in [6, 6.07) is 12.6. The topological polar surface area (TPSA) is 29.9 Å². The van der Waals surface area contributed by atoms with Crippen LogP contribution in [0.15, 0.2) is 48.7 Å². The number of aromatic nitrogens is 1. The van der Waals surface area contributed by atoms with Gasteiger partial charge in [0, 0.05) is 23.8 Å². The van der Waals surface area contributed by atoms with E-state index in [-0.39, 0.29) is 5.82 Å². The lowest BCUT2D eigenvalue weighted by Crippen LogP contribution is -2.39. The van der Waals surface area contributed by atoms with Gasteiger partial charge in [-0.15, -0.1) is 0 Å². The van der Waals surface area contributed by atoms with E-state index in [1.807, 2.05) is 41.1 Å². The van der Waals surface area contributed by atoms with Crippen molar-refractivity contribution in [1.29, 1.82) is 0 Å². The van der Waals surface area contributed by atoms with Gasteiger partial charge in [0.1, 0.15) is 5.82 Å². The monoisotopic (exact) mass is 243 g/mol. The standard InChI is InChI=1S/C15H16FN2/c16-15-7-2-1-5-13(15)8-9-14-6-3-4-11-18(14)12-10-17/h1-9,11H,10,12,17H2/q+1/b9-8+. The van der Waals surface area contributed by atoms with Gasteiger partial charge < -0.3 is 5.73 Å². The van der Waals surface area contributed by atoms with Crippen LogP contribution in [-0.2, 0) is 6.54 Å². The van der Waals surface area contributed by atoms with Crippen LogP contribution < -0.4 is 10.3 Å². The second-order valence-corrected chi connectivity index (χ2v) is 3.96. The number of hydrogen-bond acceptors (Lipinski definition) is 1. The van der Waals surface area contributed by atoms with E-state index in [0.717, 1.165) is 12.2 Å². The van der Waals surface area contributed by atoms with Crippen LogP contribution in [0.5, 0.6) is 0 Å². The molecule has 1 aromatic heterocycles. The van der Waals surface area contributed by atoms with Gasteiger partial charge >= 0.3 is 0 Å². The molecule has 0 saturated heterocycles. The zero-order valence-electron chi connectivity index (χ0n) is 10.1. The van der Waals surface area contributed by atoms with Crippen LogP contribution in [0.3, 0.4) is 0 Å². The van der Waals surface area contributed by atoms with Gasteiger partial charge in [-0.2, -0.15) is 4.57 Å². The van der Waals surface area contributed by atoms with Gasteiger partial charge in [-0.05, 0) is 18.2 Å². The molecule has 0 atom stereocenters. The Hall–Kier alpha value is -2.00. The van der Waals surface area contributed by atoms with Crippen LogP contribution in [0.2, 0.25) is 0 Å². The number of nitrogens with zero attached hydrogens (tertiary/aromatic N) is 1. The van der Waals surface area contributed by atoms with Gasteiger partial charge in [0.25, 0.3) is 0 Å². The van der Waals surface area contributed by atoms with Crippen molar-refractivity contribution >= 4 is 12.2 Å². The molecule has 1 heterocycles. The van der Waals surface area contributed by atoms with Gasteiger partial charge in [-0.25, -0.2) is 4.39 Å². The molecule has 2 aromatic rings. The Kier molecular flexibility index (Phi) is 4.20. The van der Waals surface area contributed by atoms with Crippen molar-refractivity contribution in [2.75, 3.05) is 6.54 Å². The van der Waals surface area contributed by atoms with E-state index >= 15 is 0 Å². The summed E-state index contributed by atoms with van der Waals surface area (Å²) in [5, 5.41) is 0. The van der Waals surface area contributed by atoms with Crippen molar-refractivity contribution in [3.05, 3.63) is 65.7 Å². The maximum Gasteiger partial charge on any atom is 0.205 e. The molecule has 3 heteroatoms. The first kappa shape index (κ1) is 12.5. The fourth-order valence-electron chi connectivity index (χ4n) is 1.77. The summed E-state index contributed by atoms with van der Waals surface area (Å²) in [7, 11) is 0. The minimum Gasteiger partial charge on any atom is -0.325 e. The van der Waals surface area contributed by atoms with Gasteiger partial charge in [0.05, 0.1) is 6.54 Å². The summed E-state index contributed by atoms with van der Waals surface area (Å²) in [5.74, 6) is -0.213. The molecule has 0 amide bonds. The molecule has 0 saturated carbocycles. The Balaban J connectivity index is 2.26. The smallest absolute Gasteiger partial charge is 0.205 e. The van der Waals surface area contributed by atoms with Crippen LogP contribution in [0.4, 0.5) is 4.39 Å². The highest BCUT2D eigenvalue weighted by molar-refractivity contribution is 5.67. The Morgan fingerprint density at radius 2 is 1.83 bits per heavy atom. The molecule has 0 aliphatic rings. The van der Waals surface area contributed by atoms with Crippen molar-refractivity contribution in [2.24, 2.45) is 5.73 Å².